The molecule has 0 amide bonds. The highest BCUT2D eigenvalue weighted by molar-refractivity contribution is 6.08. The van der Waals surface area contributed by atoms with E-state index in [9.17, 15) is 19.2 Å². The third-order valence-corrected chi connectivity index (χ3v) is 6.98. The summed E-state index contributed by atoms with van der Waals surface area (Å²) in [6.07, 6.45) is -0.873. The van der Waals surface area contributed by atoms with E-state index in [1.54, 1.807) is 102 Å². The number of carbonyl (C=O) groups is 3. The van der Waals surface area contributed by atoms with E-state index in [4.69, 9.17) is 14.7 Å². The molecule has 0 spiro atoms. The van der Waals surface area contributed by atoms with Crippen LogP contribution in [0.4, 0.5) is 0 Å². The number of benzene rings is 3. The first-order valence-electron chi connectivity index (χ1n) is 14.6. The van der Waals surface area contributed by atoms with Crippen LogP contribution < -0.4 is 5.56 Å². The number of ketones is 1. The first-order chi connectivity index (χ1) is 21.1. The molecule has 0 saturated heterocycles. The largest absolute Gasteiger partial charge is 0.459 e. The normalized spacial score (nSPS) is 11.9. The molecule has 232 valence electrons. The van der Waals surface area contributed by atoms with Crippen molar-refractivity contribution in [3.63, 3.8) is 0 Å². The number of hydrogen-bond acceptors (Lipinski definition) is 9. The summed E-state index contributed by atoms with van der Waals surface area (Å²) in [4.78, 5) is 55.0. The Morgan fingerprint density at radius 3 is 1.87 bits per heavy atom. The summed E-state index contributed by atoms with van der Waals surface area (Å²) < 4.78 is 12.5. The molecule has 3 aromatic carbocycles. The Kier molecular flexibility index (Phi) is 9.33. The molecule has 4 aromatic rings. The van der Waals surface area contributed by atoms with Gasteiger partial charge in [0.05, 0.1) is 17.0 Å². The quantitative estimate of drug-likeness (QED) is 0.134. The minimum absolute atomic E-state index is 0.208. The van der Waals surface area contributed by atoms with E-state index < -0.39 is 46.3 Å². The van der Waals surface area contributed by atoms with Crippen LogP contribution in [0.5, 0.6) is 0 Å². The lowest BCUT2D eigenvalue weighted by atomic mass is 9.77. The van der Waals surface area contributed by atoms with Gasteiger partial charge in [-0.15, -0.1) is 5.10 Å². The molecule has 0 fully saturated rings. The Labute approximate surface area is 261 Å². The number of fused-ring (bicyclic) bond motifs is 1. The molecule has 10 nitrogen and oxygen atoms in total. The fourth-order valence-corrected chi connectivity index (χ4v) is 4.70. The monoisotopic (exact) mass is 608 g/mol. The number of nitrogens with zero attached hydrogens (tertiary/aromatic N) is 4. The Morgan fingerprint density at radius 1 is 0.800 bits per heavy atom. The Bertz CT molecular complexity index is 1790. The molecule has 0 N–H and O–H groups in total. The predicted octanol–water partition coefficient (Wildman–Crippen LogP) is 5.66. The zero-order valence-electron chi connectivity index (χ0n) is 26.3. The van der Waals surface area contributed by atoms with Crippen molar-refractivity contribution in [2.24, 2.45) is 5.41 Å². The molecular formula is C35H36N4O6. The first kappa shape index (κ1) is 32.7. The summed E-state index contributed by atoms with van der Waals surface area (Å²) in [7, 11) is 0. The van der Waals surface area contributed by atoms with Gasteiger partial charge in [-0.05, 0) is 83.4 Å². The molecule has 45 heavy (non-hydrogen) atoms. The molecular weight excluding hydrogens is 572 g/mol. The Balaban J connectivity index is 1.73. The van der Waals surface area contributed by atoms with Gasteiger partial charge in [0.15, 0.2) is 11.2 Å². The number of nitriles is 1. The van der Waals surface area contributed by atoms with E-state index >= 15 is 0 Å². The number of esters is 2. The maximum Gasteiger partial charge on any atom is 0.324 e. The van der Waals surface area contributed by atoms with E-state index in [0.29, 0.717) is 16.5 Å². The Morgan fingerprint density at radius 2 is 1.33 bits per heavy atom. The van der Waals surface area contributed by atoms with Crippen LogP contribution in [0.15, 0.2) is 77.6 Å². The van der Waals surface area contributed by atoms with Crippen molar-refractivity contribution in [2.45, 2.75) is 72.1 Å². The summed E-state index contributed by atoms with van der Waals surface area (Å²) >= 11 is 0. The maximum absolute atomic E-state index is 14.0. The highest BCUT2D eigenvalue weighted by atomic mass is 16.6. The number of aromatic nitrogens is 3. The number of Topliss-reactive ketones (excluding diaryl/α,β-unsaturated/α-hetero) is 1. The molecule has 1 heterocycles. The lowest BCUT2D eigenvalue weighted by Crippen LogP contribution is -2.49. The van der Waals surface area contributed by atoms with E-state index in [1.165, 1.54) is 0 Å². The summed E-state index contributed by atoms with van der Waals surface area (Å²) in [6, 6.07) is 22.5. The molecule has 0 radical (unpaired) electrons. The topological polar surface area (TPSA) is 141 Å². The number of carbonyl (C=O) groups excluding carboxylic acids is 3. The SMILES string of the molecule is CC(C)(C)OC(=O)C(CCn1nnc2ccccc2c1=O)(CC(=O)c1ccc(-c2ccc(C#N)cc2)cc1)C(=O)OC(C)(C)C. The number of ether oxygens (including phenoxy) is 2. The van der Waals surface area contributed by atoms with Crippen LogP contribution >= 0.6 is 0 Å². The molecule has 0 saturated carbocycles. The van der Waals surface area contributed by atoms with Gasteiger partial charge >= 0.3 is 11.9 Å². The van der Waals surface area contributed by atoms with Gasteiger partial charge in [0, 0.05) is 18.5 Å². The van der Waals surface area contributed by atoms with Crippen LogP contribution in [0, 0.1) is 16.7 Å². The molecule has 0 aliphatic rings. The highest BCUT2D eigenvalue weighted by Crippen LogP contribution is 2.36. The van der Waals surface area contributed by atoms with Gasteiger partial charge in [-0.3, -0.25) is 19.2 Å². The summed E-state index contributed by atoms with van der Waals surface area (Å²) in [5.41, 5.74) is -1.66. The van der Waals surface area contributed by atoms with E-state index in [2.05, 4.69) is 16.4 Å². The van der Waals surface area contributed by atoms with Crippen molar-refractivity contribution in [2.75, 3.05) is 0 Å². The minimum Gasteiger partial charge on any atom is -0.459 e. The molecule has 0 atom stereocenters. The fourth-order valence-electron chi connectivity index (χ4n) is 4.70. The van der Waals surface area contributed by atoms with Crippen LogP contribution in [0.3, 0.4) is 0 Å². The molecule has 4 rings (SSSR count). The smallest absolute Gasteiger partial charge is 0.324 e. The zero-order chi connectivity index (χ0) is 33.0. The van der Waals surface area contributed by atoms with Crippen LogP contribution in [0.2, 0.25) is 0 Å². The second-order valence-corrected chi connectivity index (χ2v) is 12.8. The van der Waals surface area contributed by atoms with Crippen LogP contribution in [0.1, 0.15) is 70.3 Å². The molecule has 0 aliphatic carbocycles. The van der Waals surface area contributed by atoms with Gasteiger partial charge in [0.1, 0.15) is 16.7 Å². The van der Waals surface area contributed by atoms with E-state index in [0.717, 1.165) is 15.8 Å². The first-order valence-corrected chi connectivity index (χ1v) is 14.6. The number of rotatable bonds is 9. The fraction of sp³-hybridized carbons (Fsp3) is 0.343. The van der Waals surface area contributed by atoms with Crippen molar-refractivity contribution in [3.05, 3.63) is 94.3 Å². The average molecular weight is 609 g/mol. The summed E-state index contributed by atoms with van der Waals surface area (Å²) in [6.45, 7) is 9.75. The van der Waals surface area contributed by atoms with Gasteiger partial charge in [-0.2, -0.15) is 5.26 Å². The second-order valence-electron chi connectivity index (χ2n) is 12.8. The zero-order valence-corrected chi connectivity index (χ0v) is 26.3. The van der Waals surface area contributed by atoms with E-state index in [1.807, 2.05) is 12.1 Å². The molecule has 0 unspecified atom stereocenters. The number of hydrogen-bond donors (Lipinski definition) is 0. The maximum atomic E-state index is 14.0. The second kappa shape index (κ2) is 12.8. The van der Waals surface area contributed by atoms with Crippen molar-refractivity contribution in [1.82, 2.24) is 15.0 Å². The van der Waals surface area contributed by atoms with Gasteiger partial charge in [-0.25, -0.2) is 4.68 Å². The van der Waals surface area contributed by atoms with Crippen molar-refractivity contribution >= 4 is 28.6 Å². The minimum atomic E-state index is -2.10. The lowest BCUT2D eigenvalue weighted by molar-refractivity contribution is -0.186. The van der Waals surface area contributed by atoms with Gasteiger partial charge in [-0.1, -0.05) is 53.7 Å². The van der Waals surface area contributed by atoms with Gasteiger partial charge in [0.25, 0.3) is 5.56 Å². The van der Waals surface area contributed by atoms with Crippen molar-refractivity contribution < 1.29 is 23.9 Å². The van der Waals surface area contributed by atoms with E-state index in [-0.39, 0.29) is 18.5 Å². The molecule has 1 aromatic heterocycles. The lowest BCUT2D eigenvalue weighted by Gasteiger charge is -2.34. The van der Waals surface area contributed by atoms with Crippen molar-refractivity contribution in [3.8, 4) is 17.2 Å². The Hall–Kier alpha value is -5.17. The third-order valence-electron chi connectivity index (χ3n) is 6.98. The predicted molar refractivity (Wildman–Crippen MR) is 168 cm³/mol. The van der Waals surface area contributed by atoms with Gasteiger partial charge < -0.3 is 9.47 Å². The molecule has 0 bridgehead atoms. The average Bonchev–Trinajstić information content (AvgIpc) is 2.98. The molecule has 0 aliphatic heterocycles. The standard InChI is InChI=1S/C35H36N4O6/c1-33(2,3)44-31(42)35(32(43)45-34(4,5)6,19-20-39-30(41)27-9-7-8-10-28(27)37-38-39)21-29(40)26-17-15-25(16-18-26)24-13-11-23(22-36)12-14-24/h7-18H,19-21H2,1-6H3. The number of aryl methyl sites for hydroxylation is 1. The summed E-state index contributed by atoms with van der Waals surface area (Å²) in [5, 5.41) is 17.5. The molecule has 10 heteroatoms. The van der Waals surface area contributed by atoms with Crippen LogP contribution in [-0.4, -0.2) is 43.9 Å². The van der Waals surface area contributed by atoms with Crippen LogP contribution in [-0.2, 0) is 25.6 Å². The van der Waals surface area contributed by atoms with Crippen molar-refractivity contribution in [1.29, 1.82) is 5.26 Å². The summed E-state index contributed by atoms with van der Waals surface area (Å²) in [5.74, 6) is -2.36. The highest BCUT2D eigenvalue weighted by Gasteiger charge is 2.52. The third kappa shape index (κ3) is 7.87. The van der Waals surface area contributed by atoms with Gasteiger partial charge in [0.2, 0.25) is 0 Å². The van der Waals surface area contributed by atoms with Crippen LogP contribution in [0.25, 0.3) is 22.0 Å².